The highest BCUT2D eigenvalue weighted by Crippen LogP contribution is 2.32. The van der Waals surface area contributed by atoms with Gasteiger partial charge in [0.05, 0.1) is 16.9 Å². The number of hydrogen-bond acceptors (Lipinski definition) is 4. The third kappa shape index (κ3) is 2.28. The molecule has 108 valence electrons. The lowest BCUT2D eigenvalue weighted by atomic mass is 9.86. The summed E-state index contributed by atoms with van der Waals surface area (Å²) in [6.07, 6.45) is 2.38. The molecule has 1 aliphatic heterocycles. The van der Waals surface area contributed by atoms with Crippen molar-refractivity contribution in [3.63, 3.8) is 0 Å². The molecule has 0 atom stereocenters. The average Bonchev–Trinajstić information content (AvgIpc) is 2.77. The van der Waals surface area contributed by atoms with Crippen LogP contribution < -0.4 is 16.4 Å². The van der Waals surface area contributed by atoms with Crippen molar-refractivity contribution in [1.29, 1.82) is 0 Å². The molecule has 0 aliphatic carbocycles. The number of aromatic nitrogens is 1. The van der Waals surface area contributed by atoms with Crippen molar-refractivity contribution in [2.45, 2.75) is 26.7 Å². The Labute approximate surface area is 117 Å². The molecule has 1 aliphatic rings. The summed E-state index contributed by atoms with van der Waals surface area (Å²) in [5.41, 5.74) is 9.00. The first-order valence-electron chi connectivity index (χ1n) is 7.22. The van der Waals surface area contributed by atoms with Gasteiger partial charge in [-0.1, -0.05) is 13.8 Å². The molecule has 1 aromatic heterocycles. The third-order valence-corrected chi connectivity index (χ3v) is 4.39. The Kier molecular flexibility index (Phi) is 3.20. The van der Waals surface area contributed by atoms with E-state index in [4.69, 9.17) is 10.2 Å². The van der Waals surface area contributed by atoms with Gasteiger partial charge in [0.1, 0.15) is 0 Å². The van der Waals surface area contributed by atoms with Crippen LogP contribution in [0.1, 0.15) is 26.7 Å². The molecule has 3 N–H and O–H groups in total. The number of fused-ring (bicyclic) bond motifs is 1. The molecule has 0 spiro atoms. The summed E-state index contributed by atoms with van der Waals surface area (Å²) in [6.45, 7) is 6.61. The van der Waals surface area contributed by atoms with Gasteiger partial charge < -0.3 is 15.1 Å². The van der Waals surface area contributed by atoms with Crippen LogP contribution in [-0.2, 0) is 0 Å². The standard InChI is InChI=1S/C15H21N3O2/c1-9(2)10-3-5-18(6-4-10)13-8-12-14(7-11(13)16)20-15(19)17-12/h7-10H,3-6,16H2,1-2H3,(H,17,19). The summed E-state index contributed by atoms with van der Waals surface area (Å²) < 4.78 is 5.03. The third-order valence-electron chi connectivity index (χ3n) is 4.39. The fraction of sp³-hybridized carbons (Fsp3) is 0.533. The topological polar surface area (TPSA) is 75.3 Å². The smallest absolute Gasteiger partial charge is 0.408 e. The van der Waals surface area contributed by atoms with E-state index in [1.54, 1.807) is 6.07 Å². The van der Waals surface area contributed by atoms with Gasteiger partial charge in [-0.3, -0.25) is 4.98 Å². The Morgan fingerprint density at radius 1 is 1.35 bits per heavy atom. The number of nitrogens with two attached hydrogens (primary N) is 1. The summed E-state index contributed by atoms with van der Waals surface area (Å²) in [6, 6.07) is 3.66. The van der Waals surface area contributed by atoms with Gasteiger partial charge in [0, 0.05) is 19.2 Å². The number of rotatable bonds is 2. The number of H-pyrrole nitrogens is 1. The first-order chi connectivity index (χ1) is 9.54. The monoisotopic (exact) mass is 275 g/mol. The Morgan fingerprint density at radius 2 is 2.05 bits per heavy atom. The zero-order chi connectivity index (χ0) is 14.3. The quantitative estimate of drug-likeness (QED) is 0.826. The first-order valence-corrected chi connectivity index (χ1v) is 7.22. The molecule has 1 fully saturated rings. The molecule has 0 unspecified atom stereocenters. The summed E-state index contributed by atoms with van der Waals surface area (Å²) in [5.74, 6) is 1.10. The molecule has 5 nitrogen and oxygen atoms in total. The predicted octanol–water partition coefficient (Wildman–Crippen LogP) is 2.58. The minimum atomic E-state index is -0.435. The number of oxazole rings is 1. The van der Waals surface area contributed by atoms with Crippen LogP contribution in [0.2, 0.25) is 0 Å². The number of nitrogens with zero attached hydrogens (tertiary/aromatic N) is 1. The van der Waals surface area contributed by atoms with Crippen LogP contribution in [0.5, 0.6) is 0 Å². The Hall–Kier alpha value is -1.91. The van der Waals surface area contributed by atoms with Gasteiger partial charge in [-0.15, -0.1) is 0 Å². The van der Waals surface area contributed by atoms with Crippen LogP contribution >= 0.6 is 0 Å². The summed E-state index contributed by atoms with van der Waals surface area (Å²) >= 11 is 0. The minimum Gasteiger partial charge on any atom is -0.408 e. The van der Waals surface area contributed by atoms with Crippen LogP contribution in [0.3, 0.4) is 0 Å². The van der Waals surface area contributed by atoms with E-state index in [9.17, 15) is 4.79 Å². The number of nitrogen functional groups attached to an aromatic ring is 1. The van der Waals surface area contributed by atoms with Gasteiger partial charge in [-0.2, -0.15) is 0 Å². The van der Waals surface area contributed by atoms with E-state index < -0.39 is 5.76 Å². The van der Waals surface area contributed by atoms with Gasteiger partial charge in [-0.05, 0) is 30.7 Å². The number of nitrogens with one attached hydrogen (secondary N) is 1. The molecular weight excluding hydrogens is 254 g/mol. The molecule has 1 aromatic carbocycles. The molecule has 1 saturated heterocycles. The van der Waals surface area contributed by atoms with Crippen LogP contribution in [0.25, 0.3) is 11.1 Å². The van der Waals surface area contributed by atoms with Gasteiger partial charge in [0.15, 0.2) is 5.58 Å². The van der Waals surface area contributed by atoms with Crippen molar-refractivity contribution in [1.82, 2.24) is 4.98 Å². The zero-order valence-corrected chi connectivity index (χ0v) is 12.0. The molecule has 3 rings (SSSR count). The van der Waals surface area contributed by atoms with Gasteiger partial charge in [0.2, 0.25) is 0 Å². The van der Waals surface area contributed by atoms with Gasteiger partial charge in [0.25, 0.3) is 0 Å². The molecule has 5 heteroatoms. The largest absolute Gasteiger partial charge is 0.417 e. The number of piperidine rings is 1. The molecule has 2 aromatic rings. The van der Waals surface area contributed by atoms with E-state index in [0.717, 1.165) is 30.6 Å². The minimum absolute atomic E-state index is 0.435. The maximum Gasteiger partial charge on any atom is 0.417 e. The van der Waals surface area contributed by atoms with Gasteiger partial charge in [-0.25, -0.2) is 4.79 Å². The lowest BCUT2D eigenvalue weighted by molar-refractivity contribution is 0.311. The van der Waals surface area contributed by atoms with Crippen LogP contribution in [0, 0.1) is 11.8 Å². The summed E-state index contributed by atoms with van der Waals surface area (Å²) in [7, 11) is 0. The molecular formula is C15H21N3O2. The maximum atomic E-state index is 11.2. The average molecular weight is 275 g/mol. The Morgan fingerprint density at radius 3 is 2.70 bits per heavy atom. The highest BCUT2D eigenvalue weighted by Gasteiger charge is 2.23. The van der Waals surface area contributed by atoms with Crippen molar-refractivity contribution >= 4 is 22.5 Å². The second-order valence-electron chi connectivity index (χ2n) is 5.99. The second kappa shape index (κ2) is 4.89. The molecule has 20 heavy (non-hydrogen) atoms. The highest BCUT2D eigenvalue weighted by atomic mass is 16.4. The number of aromatic amines is 1. The predicted molar refractivity (Wildman–Crippen MR) is 81.0 cm³/mol. The van der Waals surface area contributed by atoms with E-state index >= 15 is 0 Å². The summed E-state index contributed by atoms with van der Waals surface area (Å²) in [4.78, 5) is 16.2. The normalized spacial score (nSPS) is 17.2. The van der Waals surface area contributed by atoms with Crippen molar-refractivity contribution in [3.8, 4) is 0 Å². The van der Waals surface area contributed by atoms with E-state index in [-0.39, 0.29) is 0 Å². The highest BCUT2D eigenvalue weighted by molar-refractivity contribution is 5.85. The van der Waals surface area contributed by atoms with Crippen molar-refractivity contribution in [2.24, 2.45) is 11.8 Å². The maximum absolute atomic E-state index is 11.2. The van der Waals surface area contributed by atoms with E-state index in [1.165, 1.54) is 12.8 Å². The molecule has 0 amide bonds. The van der Waals surface area contributed by atoms with Crippen molar-refractivity contribution in [2.75, 3.05) is 23.7 Å². The molecule has 0 bridgehead atoms. The number of benzene rings is 1. The summed E-state index contributed by atoms with van der Waals surface area (Å²) in [5, 5.41) is 0. The lowest BCUT2D eigenvalue weighted by Gasteiger charge is -2.35. The fourth-order valence-corrected chi connectivity index (χ4v) is 3.08. The van der Waals surface area contributed by atoms with Gasteiger partial charge >= 0.3 is 5.76 Å². The van der Waals surface area contributed by atoms with E-state index in [2.05, 4.69) is 23.7 Å². The van der Waals surface area contributed by atoms with E-state index in [0.29, 0.717) is 16.8 Å². The lowest BCUT2D eigenvalue weighted by Crippen LogP contribution is -2.35. The Bertz CT molecular complexity index is 663. The van der Waals surface area contributed by atoms with E-state index in [1.807, 2.05) is 6.07 Å². The van der Waals surface area contributed by atoms with Crippen LogP contribution in [-0.4, -0.2) is 18.1 Å². The second-order valence-corrected chi connectivity index (χ2v) is 5.99. The first kappa shape index (κ1) is 13.1. The molecule has 0 saturated carbocycles. The molecule has 0 radical (unpaired) electrons. The Balaban J connectivity index is 1.87. The number of anilines is 2. The fourth-order valence-electron chi connectivity index (χ4n) is 3.08. The SMILES string of the molecule is CC(C)C1CCN(c2cc3[nH]c(=O)oc3cc2N)CC1. The zero-order valence-electron chi connectivity index (χ0n) is 12.0. The van der Waals surface area contributed by atoms with Crippen LogP contribution in [0.4, 0.5) is 11.4 Å². The van der Waals surface area contributed by atoms with Crippen LogP contribution in [0.15, 0.2) is 21.3 Å². The molecule has 2 heterocycles. The number of hydrogen-bond donors (Lipinski definition) is 2. The van der Waals surface area contributed by atoms with Crippen molar-refractivity contribution in [3.05, 3.63) is 22.7 Å². The van der Waals surface area contributed by atoms with Crippen molar-refractivity contribution < 1.29 is 4.42 Å².